The van der Waals surface area contributed by atoms with Crippen molar-refractivity contribution in [2.45, 2.75) is 26.2 Å². The van der Waals surface area contributed by atoms with E-state index in [0.29, 0.717) is 19.0 Å². The lowest BCUT2D eigenvalue weighted by Gasteiger charge is -2.15. The molecule has 0 fully saturated rings. The lowest BCUT2D eigenvalue weighted by molar-refractivity contribution is 0.0941. The summed E-state index contributed by atoms with van der Waals surface area (Å²) in [4.78, 5) is 15.4. The van der Waals surface area contributed by atoms with E-state index in [1.807, 2.05) is 0 Å². The van der Waals surface area contributed by atoms with Gasteiger partial charge in [0.15, 0.2) is 5.82 Å². The van der Waals surface area contributed by atoms with Gasteiger partial charge in [0.1, 0.15) is 0 Å². The lowest BCUT2D eigenvalue weighted by atomic mass is 10.00. The Bertz CT molecular complexity index is 378. The van der Waals surface area contributed by atoms with Gasteiger partial charge in [0.05, 0.1) is 11.8 Å². The van der Waals surface area contributed by atoms with Crippen LogP contribution in [0.15, 0.2) is 18.5 Å². The summed E-state index contributed by atoms with van der Waals surface area (Å²) in [5.41, 5.74) is 5.56. The normalized spacial score (nSPS) is 12.2. The maximum atomic E-state index is 13.3. The molecule has 5 heteroatoms. The molecule has 0 saturated carbocycles. The molecule has 0 aliphatic rings. The Labute approximate surface area is 107 Å². The van der Waals surface area contributed by atoms with Crippen molar-refractivity contribution in [3.05, 3.63) is 29.8 Å². The molecule has 1 atom stereocenters. The SMILES string of the molecule is CCCC(CCN)CNC(=O)c1ccncc1F. The molecule has 0 aliphatic heterocycles. The summed E-state index contributed by atoms with van der Waals surface area (Å²) in [6.45, 7) is 3.23. The summed E-state index contributed by atoms with van der Waals surface area (Å²) >= 11 is 0. The predicted octanol–water partition coefficient (Wildman–Crippen LogP) is 1.72. The van der Waals surface area contributed by atoms with Gasteiger partial charge >= 0.3 is 0 Å². The summed E-state index contributed by atoms with van der Waals surface area (Å²) in [5, 5.41) is 2.75. The first kappa shape index (κ1) is 14.6. The number of carbonyl (C=O) groups is 1. The van der Waals surface area contributed by atoms with Crippen molar-refractivity contribution < 1.29 is 9.18 Å². The quantitative estimate of drug-likeness (QED) is 0.777. The van der Waals surface area contributed by atoms with Crippen molar-refractivity contribution in [1.29, 1.82) is 0 Å². The fourth-order valence-corrected chi connectivity index (χ4v) is 1.88. The molecule has 0 spiro atoms. The fraction of sp³-hybridized carbons (Fsp3) is 0.538. The van der Waals surface area contributed by atoms with Gasteiger partial charge in [-0.15, -0.1) is 0 Å². The molecule has 0 radical (unpaired) electrons. The summed E-state index contributed by atoms with van der Waals surface area (Å²) < 4.78 is 13.3. The Morgan fingerprint density at radius 1 is 1.56 bits per heavy atom. The zero-order valence-corrected chi connectivity index (χ0v) is 10.7. The molecule has 0 bridgehead atoms. The number of halogens is 1. The molecule has 18 heavy (non-hydrogen) atoms. The number of carbonyl (C=O) groups excluding carboxylic acids is 1. The van der Waals surface area contributed by atoms with E-state index in [4.69, 9.17) is 5.73 Å². The second-order valence-corrected chi connectivity index (χ2v) is 4.30. The smallest absolute Gasteiger partial charge is 0.254 e. The van der Waals surface area contributed by atoms with Crippen LogP contribution in [0.25, 0.3) is 0 Å². The molecule has 1 aromatic rings. The van der Waals surface area contributed by atoms with Crippen LogP contribution in [0.1, 0.15) is 36.5 Å². The molecule has 1 amide bonds. The summed E-state index contributed by atoms with van der Waals surface area (Å²) in [6.07, 6.45) is 5.37. The third kappa shape index (κ3) is 4.41. The molecule has 4 nitrogen and oxygen atoms in total. The van der Waals surface area contributed by atoms with Gasteiger partial charge in [-0.25, -0.2) is 4.39 Å². The maximum absolute atomic E-state index is 13.3. The highest BCUT2D eigenvalue weighted by Gasteiger charge is 2.13. The van der Waals surface area contributed by atoms with Crippen molar-refractivity contribution in [3.63, 3.8) is 0 Å². The highest BCUT2D eigenvalue weighted by Crippen LogP contribution is 2.10. The second-order valence-electron chi connectivity index (χ2n) is 4.30. The Morgan fingerprint density at radius 3 is 2.94 bits per heavy atom. The molecule has 1 rings (SSSR count). The summed E-state index contributed by atoms with van der Waals surface area (Å²) in [7, 11) is 0. The van der Waals surface area contributed by atoms with Crippen LogP contribution in [-0.4, -0.2) is 24.0 Å². The van der Waals surface area contributed by atoms with Crippen molar-refractivity contribution >= 4 is 5.91 Å². The van der Waals surface area contributed by atoms with Gasteiger partial charge in [-0.1, -0.05) is 13.3 Å². The van der Waals surface area contributed by atoms with Gasteiger partial charge in [0.2, 0.25) is 0 Å². The van der Waals surface area contributed by atoms with Gasteiger partial charge in [0, 0.05) is 12.7 Å². The van der Waals surface area contributed by atoms with Gasteiger partial charge in [-0.3, -0.25) is 9.78 Å². The van der Waals surface area contributed by atoms with Crippen LogP contribution in [-0.2, 0) is 0 Å². The minimum atomic E-state index is -0.596. The summed E-state index contributed by atoms with van der Waals surface area (Å²) in [5.74, 6) is -0.636. The minimum Gasteiger partial charge on any atom is -0.352 e. The van der Waals surface area contributed by atoms with Crippen LogP contribution >= 0.6 is 0 Å². The molecular formula is C13H20FN3O. The number of hydrogen-bond acceptors (Lipinski definition) is 3. The monoisotopic (exact) mass is 253 g/mol. The number of hydrogen-bond donors (Lipinski definition) is 2. The van der Waals surface area contributed by atoms with Crippen molar-refractivity contribution in [3.8, 4) is 0 Å². The Hall–Kier alpha value is -1.49. The van der Waals surface area contributed by atoms with E-state index < -0.39 is 11.7 Å². The van der Waals surface area contributed by atoms with Crippen molar-refractivity contribution in [2.75, 3.05) is 13.1 Å². The first-order valence-electron chi connectivity index (χ1n) is 6.26. The van der Waals surface area contributed by atoms with Crippen LogP contribution in [0.5, 0.6) is 0 Å². The van der Waals surface area contributed by atoms with Crippen LogP contribution in [0.3, 0.4) is 0 Å². The minimum absolute atomic E-state index is 0.0352. The number of nitrogens with two attached hydrogens (primary N) is 1. The van der Waals surface area contributed by atoms with E-state index in [1.54, 1.807) is 0 Å². The lowest BCUT2D eigenvalue weighted by Crippen LogP contribution is -2.31. The molecule has 1 aromatic heterocycles. The number of pyridine rings is 1. The van der Waals surface area contributed by atoms with E-state index in [9.17, 15) is 9.18 Å². The first-order valence-corrected chi connectivity index (χ1v) is 6.26. The molecular weight excluding hydrogens is 233 g/mol. The molecule has 100 valence electrons. The summed E-state index contributed by atoms with van der Waals surface area (Å²) in [6, 6.07) is 1.38. The highest BCUT2D eigenvalue weighted by molar-refractivity contribution is 5.94. The van der Waals surface area contributed by atoms with Crippen LogP contribution in [0, 0.1) is 11.7 Å². The zero-order chi connectivity index (χ0) is 13.4. The van der Waals surface area contributed by atoms with Crippen molar-refractivity contribution in [2.24, 2.45) is 11.7 Å². The molecule has 0 saturated heterocycles. The number of aromatic nitrogens is 1. The number of nitrogens with one attached hydrogen (secondary N) is 1. The second kappa shape index (κ2) is 7.76. The van der Waals surface area contributed by atoms with Crippen molar-refractivity contribution in [1.82, 2.24) is 10.3 Å². The van der Waals surface area contributed by atoms with Crippen LogP contribution in [0.2, 0.25) is 0 Å². The third-order valence-corrected chi connectivity index (χ3v) is 2.84. The largest absolute Gasteiger partial charge is 0.352 e. The van der Waals surface area contributed by atoms with Gasteiger partial charge < -0.3 is 11.1 Å². The Kier molecular flexibility index (Phi) is 6.28. The Morgan fingerprint density at radius 2 is 2.33 bits per heavy atom. The standard InChI is InChI=1S/C13H20FN3O/c1-2-3-10(4-6-15)8-17-13(18)11-5-7-16-9-12(11)14/h5,7,9-10H,2-4,6,8,15H2,1H3,(H,17,18). The maximum Gasteiger partial charge on any atom is 0.254 e. The molecule has 0 aliphatic carbocycles. The number of nitrogens with zero attached hydrogens (tertiary/aromatic N) is 1. The molecule has 3 N–H and O–H groups in total. The average molecular weight is 253 g/mol. The highest BCUT2D eigenvalue weighted by atomic mass is 19.1. The number of amides is 1. The van der Waals surface area contributed by atoms with E-state index in [1.165, 1.54) is 12.3 Å². The zero-order valence-electron chi connectivity index (χ0n) is 10.7. The van der Waals surface area contributed by atoms with E-state index in [-0.39, 0.29) is 5.56 Å². The van der Waals surface area contributed by atoms with Gasteiger partial charge in [-0.2, -0.15) is 0 Å². The van der Waals surface area contributed by atoms with Gasteiger partial charge in [-0.05, 0) is 31.4 Å². The molecule has 1 unspecified atom stereocenters. The van der Waals surface area contributed by atoms with Gasteiger partial charge in [0.25, 0.3) is 5.91 Å². The molecule has 0 aromatic carbocycles. The third-order valence-electron chi connectivity index (χ3n) is 2.84. The Balaban J connectivity index is 2.52. The number of rotatable bonds is 7. The topological polar surface area (TPSA) is 68.0 Å². The average Bonchev–Trinajstić information content (AvgIpc) is 2.36. The predicted molar refractivity (Wildman–Crippen MR) is 68.6 cm³/mol. The molecule has 1 heterocycles. The van der Waals surface area contributed by atoms with E-state index in [0.717, 1.165) is 25.5 Å². The van der Waals surface area contributed by atoms with Crippen LogP contribution < -0.4 is 11.1 Å². The van der Waals surface area contributed by atoms with E-state index >= 15 is 0 Å². The van der Waals surface area contributed by atoms with Crippen LogP contribution in [0.4, 0.5) is 4.39 Å². The fourth-order valence-electron chi connectivity index (χ4n) is 1.88. The first-order chi connectivity index (χ1) is 8.69. The van der Waals surface area contributed by atoms with E-state index in [2.05, 4.69) is 17.2 Å².